The SMILES string of the molecule is CCOc1ccc(Br)cc1C(N)c1cc(C)cc(Cl)c1. The van der Waals surface area contributed by atoms with Crippen molar-refractivity contribution in [3.8, 4) is 5.75 Å². The second-order valence-corrected chi connectivity index (χ2v) is 6.01. The molecule has 1 atom stereocenters. The molecule has 2 aromatic rings. The topological polar surface area (TPSA) is 35.2 Å². The van der Waals surface area contributed by atoms with Crippen molar-refractivity contribution in [1.29, 1.82) is 0 Å². The number of benzene rings is 2. The van der Waals surface area contributed by atoms with Gasteiger partial charge in [-0.15, -0.1) is 0 Å². The highest BCUT2D eigenvalue weighted by molar-refractivity contribution is 9.10. The summed E-state index contributed by atoms with van der Waals surface area (Å²) in [4.78, 5) is 0. The van der Waals surface area contributed by atoms with E-state index in [0.29, 0.717) is 11.6 Å². The highest BCUT2D eigenvalue weighted by Gasteiger charge is 2.15. The third kappa shape index (κ3) is 3.54. The van der Waals surface area contributed by atoms with Gasteiger partial charge in [-0.3, -0.25) is 0 Å². The van der Waals surface area contributed by atoms with Crippen molar-refractivity contribution in [2.24, 2.45) is 5.73 Å². The van der Waals surface area contributed by atoms with Crippen LogP contribution in [0.3, 0.4) is 0 Å². The van der Waals surface area contributed by atoms with E-state index >= 15 is 0 Å². The normalized spacial score (nSPS) is 12.2. The van der Waals surface area contributed by atoms with Gasteiger partial charge >= 0.3 is 0 Å². The molecule has 0 radical (unpaired) electrons. The average Bonchev–Trinajstić information content (AvgIpc) is 2.39. The van der Waals surface area contributed by atoms with Crippen LogP contribution in [0.2, 0.25) is 5.02 Å². The van der Waals surface area contributed by atoms with Crippen LogP contribution in [0.25, 0.3) is 0 Å². The van der Waals surface area contributed by atoms with Crippen molar-refractivity contribution in [2.45, 2.75) is 19.9 Å². The zero-order valence-electron chi connectivity index (χ0n) is 11.5. The molecular weight excluding hydrogens is 338 g/mol. The van der Waals surface area contributed by atoms with Crippen LogP contribution in [0.5, 0.6) is 5.75 Å². The minimum absolute atomic E-state index is 0.272. The van der Waals surface area contributed by atoms with E-state index in [9.17, 15) is 0 Å². The van der Waals surface area contributed by atoms with Gasteiger partial charge in [0.15, 0.2) is 0 Å². The summed E-state index contributed by atoms with van der Waals surface area (Å²) in [6, 6.07) is 11.5. The lowest BCUT2D eigenvalue weighted by atomic mass is 9.97. The van der Waals surface area contributed by atoms with Gasteiger partial charge in [0.1, 0.15) is 5.75 Å². The average molecular weight is 355 g/mol. The molecule has 2 rings (SSSR count). The summed E-state index contributed by atoms with van der Waals surface area (Å²) < 4.78 is 6.64. The fourth-order valence-electron chi connectivity index (χ4n) is 2.17. The molecule has 0 aromatic heterocycles. The van der Waals surface area contributed by atoms with E-state index in [0.717, 1.165) is 26.9 Å². The van der Waals surface area contributed by atoms with Gasteiger partial charge in [-0.2, -0.15) is 0 Å². The molecule has 0 fully saturated rings. The molecule has 20 heavy (non-hydrogen) atoms. The predicted octanol–water partition coefficient (Wildman–Crippen LogP) is 4.86. The zero-order chi connectivity index (χ0) is 14.7. The lowest BCUT2D eigenvalue weighted by molar-refractivity contribution is 0.335. The van der Waals surface area contributed by atoms with Gasteiger partial charge in [-0.25, -0.2) is 0 Å². The van der Waals surface area contributed by atoms with E-state index < -0.39 is 0 Å². The van der Waals surface area contributed by atoms with Gasteiger partial charge in [0.25, 0.3) is 0 Å². The lowest BCUT2D eigenvalue weighted by Crippen LogP contribution is -2.14. The monoisotopic (exact) mass is 353 g/mol. The quantitative estimate of drug-likeness (QED) is 0.851. The van der Waals surface area contributed by atoms with Gasteiger partial charge in [-0.1, -0.05) is 33.6 Å². The number of hydrogen-bond acceptors (Lipinski definition) is 2. The molecule has 0 saturated heterocycles. The molecule has 0 aliphatic carbocycles. The Hall–Kier alpha value is -1.03. The van der Waals surface area contributed by atoms with E-state index in [2.05, 4.69) is 15.9 Å². The van der Waals surface area contributed by atoms with Gasteiger partial charge in [0.05, 0.1) is 12.6 Å². The summed E-state index contributed by atoms with van der Waals surface area (Å²) in [6.07, 6.45) is 0. The Bertz CT molecular complexity index is 595. The Balaban J connectivity index is 2.46. The van der Waals surface area contributed by atoms with Crippen molar-refractivity contribution in [1.82, 2.24) is 0 Å². The molecule has 0 bridgehead atoms. The smallest absolute Gasteiger partial charge is 0.124 e. The van der Waals surface area contributed by atoms with Crippen LogP contribution >= 0.6 is 27.5 Å². The third-order valence-corrected chi connectivity index (χ3v) is 3.74. The Morgan fingerprint density at radius 2 is 2.00 bits per heavy atom. The molecule has 2 nitrogen and oxygen atoms in total. The summed E-state index contributed by atoms with van der Waals surface area (Å²) in [7, 11) is 0. The van der Waals surface area contributed by atoms with Crippen molar-refractivity contribution < 1.29 is 4.74 Å². The summed E-state index contributed by atoms with van der Waals surface area (Å²) in [6.45, 7) is 4.57. The number of aryl methyl sites for hydroxylation is 1. The summed E-state index contributed by atoms with van der Waals surface area (Å²) in [5.41, 5.74) is 9.42. The molecule has 1 unspecified atom stereocenters. The Morgan fingerprint density at radius 1 is 1.25 bits per heavy atom. The van der Waals surface area contributed by atoms with Gasteiger partial charge < -0.3 is 10.5 Å². The van der Waals surface area contributed by atoms with Crippen molar-refractivity contribution in [3.63, 3.8) is 0 Å². The molecule has 0 aliphatic rings. The van der Waals surface area contributed by atoms with Crippen LogP contribution in [-0.2, 0) is 0 Å². The van der Waals surface area contributed by atoms with E-state index in [1.54, 1.807) is 0 Å². The summed E-state index contributed by atoms with van der Waals surface area (Å²) in [5.74, 6) is 0.806. The maximum atomic E-state index is 6.39. The Morgan fingerprint density at radius 3 is 2.65 bits per heavy atom. The summed E-state index contributed by atoms with van der Waals surface area (Å²) >= 11 is 9.60. The van der Waals surface area contributed by atoms with E-state index in [4.69, 9.17) is 22.1 Å². The highest BCUT2D eigenvalue weighted by Crippen LogP contribution is 2.32. The van der Waals surface area contributed by atoms with Crippen LogP contribution in [0.1, 0.15) is 29.7 Å². The molecule has 0 spiro atoms. The van der Waals surface area contributed by atoms with Crippen molar-refractivity contribution >= 4 is 27.5 Å². The molecule has 2 N–H and O–H groups in total. The van der Waals surface area contributed by atoms with Crippen LogP contribution in [0.15, 0.2) is 40.9 Å². The summed E-state index contributed by atoms with van der Waals surface area (Å²) in [5, 5.41) is 0.698. The zero-order valence-corrected chi connectivity index (χ0v) is 13.8. The maximum absolute atomic E-state index is 6.39. The van der Waals surface area contributed by atoms with Crippen molar-refractivity contribution in [3.05, 3.63) is 62.6 Å². The first kappa shape index (κ1) is 15.4. The molecule has 0 aliphatic heterocycles. The molecule has 0 amide bonds. The number of ether oxygens (including phenoxy) is 1. The minimum atomic E-state index is -0.272. The molecular formula is C16H17BrClNO. The second kappa shape index (κ2) is 6.61. The first-order chi connectivity index (χ1) is 9.51. The van der Waals surface area contributed by atoms with Crippen LogP contribution < -0.4 is 10.5 Å². The first-order valence-electron chi connectivity index (χ1n) is 6.46. The van der Waals surface area contributed by atoms with E-state index in [1.165, 1.54) is 0 Å². The number of halogens is 2. The molecule has 106 valence electrons. The molecule has 4 heteroatoms. The maximum Gasteiger partial charge on any atom is 0.124 e. The van der Waals surface area contributed by atoms with Crippen molar-refractivity contribution in [2.75, 3.05) is 6.61 Å². The second-order valence-electron chi connectivity index (χ2n) is 4.65. The number of nitrogens with two attached hydrogens (primary N) is 1. The molecule has 0 heterocycles. The number of rotatable bonds is 4. The first-order valence-corrected chi connectivity index (χ1v) is 7.63. The van der Waals surface area contributed by atoms with Crippen LogP contribution in [-0.4, -0.2) is 6.61 Å². The number of hydrogen-bond donors (Lipinski definition) is 1. The Kier molecular flexibility index (Phi) is 5.08. The third-order valence-electron chi connectivity index (χ3n) is 3.03. The highest BCUT2D eigenvalue weighted by atomic mass is 79.9. The van der Waals surface area contributed by atoms with Gasteiger partial charge in [0.2, 0.25) is 0 Å². The minimum Gasteiger partial charge on any atom is -0.494 e. The molecule has 2 aromatic carbocycles. The van der Waals surface area contributed by atoms with Gasteiger partial charge in [0, 0.05) is 15.1 Å². The lowest BCUT2D eigenvalue weighted by Gasteiger charge is -2.18. The standard InChI is InChI=1S/C16H17BrClNO/c1-3-20-15-5-4-12(17)9-14(15)16(19)11-6-10(2)7-13(18)8-11/h4-9,16H,3,19H2,1-2H3. The largest absolute Gasteiger partial charge is 0.494 e. The Labute approximate surface area is 133 Å². The van der Waals surface area contributed by atoms with Crippen LogP contribution in [0.4, 0.5) is 0 Å². The predicted molar refractivity (Wildman–Crippen MR) is 87.5 cm³/mol. The van der Waals surface area contributed by atoms with E-state index in [1.807, 2.05) is 50.2 Å². The van der Waals surface area contributed by atoms with Crippen LogP contribution in [0, 0.1) is 6.92 Å². The van der Waals surface area contributed by atoms with Gasteiger partial charge in [-0.05, 0) is 55.3 Å². The molecule has 0 saturated carbocycles. The fourth-order valence-corrected chi connectivity index (χ4v) is 2.85. The fraction of sp³-hybridized carbons (Fsp3) is 0.250. The van der Waals surface area contributed by atoms with E-state index in [-0.39, 0.29) is 6.04 Å².